The number of carbonyl (C=O) groups excluding carboxylic acids is 1. The minimum atomic E-state index is 0.0392. The number of likely N-dealkylation sites (tertiary alicyclic amines) is 1. The Morgan fingerprint density at radius 2 is 2.10 bits per heavy atom. The van der Waals surface area contributed by atoms with Gasteiger partial charge in [0.1, 0.15) is 5.75 Å². The maximum absolute atomic E-state index is 11.4. The third kappa shape index (κ3) is 1.49. The number of methoxy groups -OCH3 is 1. The quantitative estimate of drug-likeness (QED) is 0.775. The van der Waals surface area contributed by atoms with Crippen LogP contribution in [0.25, 0.3) is 0 Å². The highest BCUT2D eigenvalue weighted by molar-refractivity contribution is 5.54. The van der Waals surface area contributed by atoms with E-state index >= 15 is 0 Å². The van der Waals surface area contributed by atoms with Crippen molar-refractivity contribution in [2.75, 3.05) is 13.7 Å². The lowest BCUT2D eigenvalue weighted by Gasteiger charge is -2.51. The molecule has 108 valence electrons. The van der Waals surface area contributed by atoms with Gasteiger partial charge in [-0.25, -0.2) is 0 Å². The first-order chi connectivity index (χ1) is 9.45. The summed E-state index contributed by atoms with van der Waals surface area (Å²) in [4.78, 5) is 13.4. The van der Waals surface area contributed by atoms with Crippen molar-refractivity contribution in [3.8, 4) is 5.75 Å². The molecule has 0 aromatic heterocycles. The highest BCUT2D eigenvalue weighted by Gasteiger charge is 2.56. The molecule has 1 heterocycles. The second-order valence-corrected chi connectivity index (χ2v) is 6.84. The van der Waals surface area contributed by atoms with Crippen molar-refractivity contribution in [2.24, 2.45) is 5.41 Å². The standard InChI is InChI=1S/C17H23NO2/c1-16(2)13-6-5-7-14(20-4)12(13)10-15-17(16,3)8-9-18(15)11-19/h5-7,11,15H,8-10H2,1-4H3/t15-,17+/m1/s1. The second-order valence-electron chi connectivity index (χ2n) is 6.84. The van der Waals surface area contributed by atoms with Gasteiger partial charge in [0.2, 0.25) is 6.41 Å². The SMILES string of the molecule is COc1cccc2c1C[C@H]1N(C=O)CC[C@]1(C)C2(C)C. The van der Waals surface area contributed by atoms with E-state index in [1.807, 2.05) is 11.0 Å². The van der Waals surface area contributed by atoms with Gasteiger partial charge in [0.15, 0.2) is 0 Å². The number of hydrogen-bond acceptors (Lipinski definition) is 2. The minimum Gasteiger partial charge on any atom is -0.496 e. The molecule has 0 unspecified atom stereocenters. The van der Waals surface area contributed by atoms with Gasteiger partial charge in [-0.3, -0.25) is 4.79 Å². The van der Waals surface area contributed by atoms with E-state index in [0.717, 1.165) is 31.5 Å². The van der Waals surface area contributed by atoms with E-state index in [0.29, 0.717) is 0 Å². The number of hydrogen-bond donors (Lipinski definition) is 0. The Bertz CT molecular complexity index is 552. The van der Waals surface area contributed by atoms with Gasteiger partial charge in [-0.15, -0.1) is 0 Å². The van der Waals surface area contributed by atoms with Crippen LogP contribution in [0.3, 0.4) is 0 Å². The second kappa shape index (κ2) is 4.24. The number of amides is 1. The van der Waals surface area contributed by atoms with Gasteiger partial charge in [0, 0.05) is 12.6 Å². The number of carbonyl (C=O) groups is 1. The highest BCUT2D eigenvalue weighted by Crippen LogP contribution is 2.57. The molecular weight excluding hydrogens is 250 g/mol. The molecule has 20 heavy (non-hydrogen) atoms. The predicted octanol–water partition coefficient (Wildman–Crippen LogP) is 2.77. The Labute approximate surface area is 120 Å². The fraction of sp³-hybridized carbons (Fsp3) is 0.588. The van der Waals surface area contributed by atoms with Gasteiger partial charge >= 0.3 is 0 Å². The lowest BCUT2D eigenvalue weighted by atomic mass is 9.54. The summed E-state index contributed by atoms with van der Waals surface area (Å²) >= 11 is 0. The molecule has 3 heteroatoms. The summed E-state index contributed by atoms with van der Waals surface area (Å²) < 4.78 is 5.55. The summed E-state index contributed by atoms with van der Waals surface area (Å²) in [5.41, 5.74) is 2.82. The van der Waals surface area contributed by atoms with Crippen LogP contribution in [-0.4, -0.2) is 31.0 Å². The van der Waals surface area contributed by atoms with Crippen LogP contribution in [-0.2, 0) is 16.6 Å². The van der Waals surface area contributed by atoms with Crippen LogP contribution in [0.1, 0.15) is 38.3 Å². The number of nitrogens with zero attached hydrogens (tertiary/aromatic N) is 1. The average molecular weight is 273 g/mol. The summed E-state index contributed by atoms with van der Waals surface area (Å²) in [5, 5.41) is 0. The van der Waals surface area contributed by atoms with Crippen molar-refractivity contribution in [1.29, 1.82) is 0 Å². The number of rotatable bonds is 2. The summed E-state index contributed by atoms with van der Waals surface area (Å²) in [7, 11) is 1.72. The zero-order valence-corrected chi connectivity index (χ0v) is 12.8. The molecule has 0 spiro atoms. The monoisotopic (exact) mass is 273 g/mol. The number of ether oxygens (including phenoxy) is 1. The van der Waals surface area contributed by atoms with E-state index in [1.54, 1.807) is 7.11 Å². The third-order valence-electron chi connectivity index (χ3n) is 6.01. The zero-order chi connectivity index (χ0) is 14.5. The highest BCUT2D eigenvalue weighted by atomic mass is 16.5. The molecule has 0 saturated carbocycles. The van der Waals surface area contributed by atoms with Crippen molar-refractivity contribution < 1.29 is 9.53 Å². The number of benzene rings is 1. The van der Waals surface area contributed by atoms with E-state index in [4.69, 9.17) is 4.74 Å². The summed E-state index contributed by atoms with van der Waals surface area (Å²) in [6.07, 6.45) is 2.99. The lowest BCUT2D eigenvalue weighted by Crippen LogP contribution is -2.53. The third-order valence-corrected chi connectivity index (χ3v) is 6.01. The smallest absolute Gasteiger partial charge is 0.209 e. The molecule has 3 nitrogen and oxygen atoms in total. The van der Waals surface area contributed by atoms with Crippen molar-refractivity contribution in [3.05, 3.63) is 29.3 Å². The van der Waals surface area contributed by atoms with Crippen LogP contribution in [0.4, 0.5) is 0 Å². The Kier molecular flexibility index (Phi) is 2.86. The molecule has 1 aromatic rings. The lowest BCUT2D eigenvalue weighted by molar-refractivity contribution is -0.120. The van der Waals surface area contributed by atoms with E-state index in [-0.39, 0.29) is 16.9 Å². The molecule has 3 rings (SSSR count). The van der Waals surface area contributed by atoms with Crippen LogP contribution in [0, 0.1) is 5.41 Å². The molecule has 0 N–H and O–H groups in total. The van der Waals surface area contributed by atoms with Gasteiger partial charge in [-0.2, -0.15) is 0 Å². The van der Waals surface area contributed by atoms with Crippen molar-refractivity contribution in [1.82, 2.24) is 4.90 Å². The summed E-state index contributed by atoms with van der Waals surface area (Å²) in [5.74, 6) is 0.954. The van der Waals surface area contributed by atoms with Gasteiger partial charge < -0.3 is 9.64 Å². The first-order valence-electron chi connectivity index (χ1n) is 7.33. The van der Waals surface area contributed by atoms with E-state index in [1.165, 1.54) is 11.1 Å². The molecule has 1 saturated heterocycles. The zero-order valence-electron chi connectivity index (χ0n) is 12.8. The minimum absolute atomic E-state index is 0.0392. The molecule has 1 aliphatic carbocycles. The molecule has 1 aliphatic heterocycles. The molecular formula is C17H23NO2. The molecule has 2 atom stereocenters. The fourth-order valence-electron chi connectivity index (χ4n) is 4.30. The van der Waals surface area contributed by atoms with Crippen LogP contribution in [0.15, 0.2) is 18.2 Å². The topological polar surface area (TPSA) is 29.5 Å². The maximum atomic E-state index is 11.4. The van der Waals surface area contributed by atoms with E-state index in [2.05, 4.69) is 32.9 Å². The van der Waals surface area contributed by atoms with Gasteiger partial charge in [0.05, 0.1) is 7.11 Å². The van der Waals surface area contributed by atoms with Gasteiger partial charge in [0.25, 0.3) is 0 Å². The first kappa shape index (κ1) is 13.5. The molecule has 1 aromatic carbocycles. The summed E-state index contributed by atoms with van der Waals surface area (Å²) in [6.45, 7) is 7.82. The van der Waals surface area contributed by atoms with E-state index in [9.17, 15) is 4.79 Å². The summed E-state index contributed by atoms with van der Waals surface area (Å²) in [6, 6.07) is 6.61. The Balaban J connectivity index is 2.19. The van der Waals surface area contributed by atoms with Crippen LogP contribution < -0.4 is 4.74 Å². The van der Waals surface area contributed by atoms with Crippen molar-refractivity contribution in [2.45, 2.75) is 45.1 Å². The molecule has 0 bridgehead atoms. The molecule has 1 amide bonds. The van der Waals surface area contributed by atoms with Crippen molar-refractivity contribution >= 4 is 6.41 Å². The first-order valence-corrected chi connectivity index (χ1v) is 7.33. The Morgan fingerprint density at radius 1 is 1.35 bits per heavy atom. The predicted molar refractivity (Wildman–Crippen MR) is 79.0 cm³/mol. The Hall–Kier alpha value is -1.51. The van der Waals surface area contributed by atoms with Gasteiger partial charge in [-0.1, -0.05) is 32.9 Å². The normalized spacial score (nSPS) is 30.6. The van der Waals surface area contributed by atoms with Crippen LogP contribution in [0.5, 0.6) is 5.75 Å². The molecule has 0 radical (unpaired) electrons. The van der Waals surface area contributed by atoms with E-state index < -0.39 is 0 Å². The number of fused-ring (bicyclic) bond motifs is 2. The van der Waals surface area contributed by atoms with Gasteiger partial charge in [-0.05, 0) is 40.9 Å². The molecule has 1 fully saturated rings. The molecule has 2 aliphatic rings. The fourth-order valence-corrected chi connectivity index (χ4v) is 4.30. The van der Waals surface area contributed by atoms with Crippen molar-refractivity contribution in [3.63, 3.8) is 0 Å². The van der Waals surface area contributed by atoms with Crippen LogP contribution in [0.2, 0.25) is 0 Å². The Morgan fingerprint density at radius 3 is 2.75 bits per heavy atom. The van der Waals surface area contributed by atoms with Crippen LogP contribution >= 0.6 is 0 Å². The maximum Gasteiger partial charge on any atom is 0.209 e. The average Bonchev–Trinajstić information content (AvgIpc) is 2.77. The largest absolute Gasteiger partial charge is 0.496 e.